The van der Waals surface area contributed by atoms with Crippen molar-refractivity contribution in [2.24, 2.45) is 0 Å². The minimum absolute atomic E-state index is 1.16. The third kappa shape index (κ3) is 5.40. The molecule has 2 rings (SSSR count). The van der Waals surface area contributed by atoms with Crippen molar-refractivity contribution in [3.63, 3.8) is 0 Å². The third-order valence-corrected chi connectivity index (χ3v) is 2.86. The van der Waals surface area contributed by atoms with Gasteiger partial charge in [0.2, 0.25) is 0 Å². The Kier molecular flexibility index (Phi) is 5.88. The third-order valence-electron chi connectivity index (χ3n) is 2.86. The minimum atomic E-state index is 1.16. The number of nitrogens with one attached hydrogen (secondary N) is 1. The van der Waals surface area contributed by atoms with Gasteiger partial charge in [-0.15, -0.1) is 0 Å². The highest BCUT2D eigenvalue weighted by Crippen LogP contribution is 2.15. The molecule has 1 heterocycles. The van der Waals surface area contributed by atoms with Gasteiger partial charge in [0, 0.05) is 26.2 Å². The van der Waals surface area contributed by atoms with E-state index in [9.17, 15) is 0 Å². The molecule has 14 heavy (non-hydrogen) atoms. The maximum absolute atomic E-state index is 3.27. The van der Waals surface area contributed by atoms with Crippen LogP contribution < -0.4 is 5.32 Å². The SMILES string of the molecule is CC1=CCCCC1.CN1CCNCC1. The lowest BCUT2D eigenvalue weighted by molar-refractivity contribution is 0.291. The van der Waals surface area contributed by atoms with Gasteiger partial charge in [0.15, 0.2) is 0 Å². The quantitative estimate of drug-likeness (QED) is 0.596. The van der Waals surface area contributed by atoms with Gasteiger partial charge >= 0.3 is 0 Å². The first-order valence-corrected chi connectivity index (χ1v) is 5.84. The maximum Gasteiger partial charge on any atom is 0.0104 e. The van der Waals surface area contributed by atoms with E-state index in [0.29, 0.717) is 0 Å². The van der Waals surface area contributed by atoms with Crippen LogP contribution in [-0.4, -0.2) is 38.1 Å². The molecule has 0 aromatic heterocycles. The highest BCUT2D eigenvalue weighted by molar-refractivity contribution is 5.00. The molecule has 0 unspecified atom stereocenters. The van der Waals surface area contributed by atoms with Gasteiger partial charge in [-0.1, -0.05) is 11.6 Å². The number of hydrogen-bond acceptors (Lipinski definition) is 2. The van der Waals surface area contributed by atoms with Crippen LogP contribution in [0.25, 0.3) is 0 Å². The van der Waals surface area contributed by atoms with Crippen LogP contribution in [0.2, 0.25) is 0 Å². The zero-order chi connectivity index (χ0) is 10.2. The summed E-state index contributed by atoms with van der Waals surface area (Å²) in [6, 6.07) is 0. The second kappa shape index (κ2) is 7.02. The smallest absolute Gasteiger partial charge is 0.0104 e. The molecule has 0 amide bonds. The van der Waals surface area contributed by atoms with E-state index in [1.165, 1.54) is 38.8 Å². The van der Waals surface area contributed by atoms with E-state index in [-0.39, 0.29) is 0 Å². The summed E-state index contributed by atoms with van der Waals surface area (Å²) in [4.78, 5) is 2.33. The molecule has 1 aliphatic heterocycles. The van der Waals surface area contributed by atoms with Crippen LogP contribution >= 0.6 is 0 Å². The van der Waals surface area contributed by atoms with E-state index in [4.69, 9.17) is 0 Å². The number of rotatable bonds is 0. The fourth-order valence-corrected chi connectivity index (χ4v) is 1.78. The molecule has 2 aliphatic rings. The lowest BCUT2D eigenvalue weighted by Crippen LogP contribution is -2.40. The molecule has 1 N–H and O–H groups in total. The standard InChI is InChI=1S/C7H12.C5H12N2/c1-7-5-3-2-4-6-7;1-7-4-2-6-3-5-7/h5H,2-4,6H2,1H3;6H,2-5H2,1H3. The average molecular weight is 196 g/mol. The Hall–Kier alpha value is -0.340. The number of likely N-dealkylation sites (N-methyl/N-ethyl adjacent to an activating group) is 1. The summed E-state index contributed by atoms with van der Waals surface area (Å²) >= 11 is 0. The molecule has 0 atom stereocenters. The Bertz CT molecular complexity index is 169. The van der Waals surface area contributed by atoms with Gasteiger partial charge in [0.25, 0.3) is 0 Å². The van der Waals surface area contributed by atoms with Gasteiger partial charge in [0.05, 0.1) is 0 Å². The first-order chi connectivity index (χ1) is 6.79. The van der Waals surface area contributed by atoms with Crippen molar-refractivity contribution >= 4 is 0 Å². The van der Waals surface area contributed by atoms with Gasteiger partial charge in [-0.05, 0) is 39.7 Å². The Morgan fingerprint density at radius 1 is 1.21 bits per heavy atom. The minimum Gasteiger partial charge on any atom is -0.314 e. The van der Waals surface area contributed by atoms with Gasteiger partial charge in [-0.2, -0.15) is 0 Å². The van der Waals surface area contributed by atoms with E-state index in [1.807, 2.05) is 0 Å². The molecule has 2 heteroatoms. The monoisotopic (exact) mass is 196 g/mol. The van der Waals surface area contributed by atoms with Crippen molar-refractivity contribution in [1.29, 1.82) is 0 Å². The predicted molar refractivity (Wildman–Crippen MR) is 62.6 cm³/mol. The molecule has 2 nitrogen and oxygen atoms in total. The first kappa shape index (κ1) is 11.7. The van der Waals surface area contributed by atoms with Crippen molar-refractivity contribution in [1.82, 2.24) is 10.2 Å². The fraction of sp³-hybridized carbons (Fsp3) is 0.833. The molecule has 0 aromatic carbocycles. The molecule has 82 valence electrons. The Morgan fingerprint density at radius 3 is 2.21 bits per heavy atom. The summed E-state index contributed by atoms with van der Waals surface area (Å²) in [5.74, 6) is 0. The highest BCUT2D eigenvalue weighted by atomic mass is 15.2. The van der Waals surface area contributed by atoms with E-state index < -0.39 is 0 Å². The van der Waals surface area contributed by atoms with Crippen LogP contribution in [0.4, 0.5) is 0 Å². The van der Waals surface area contributed by atoms with Crippen molar-refractivity contribution in [2.45, 2.75) is 32.6 Å². The van der Waals surface area contributed by atoms with Crippen LogP contribution in [0.1, 0.15) is 32.6 Å². The first-order valence-electron chi connectivity index (χ1n) is 5.84. The van der Waals surface area contributed by atoms with Crippen molar-refractivity contribution in [3.05, 3.63) is 11.6 Å². The Labute approximate surface area is 88.4 Å². The summed E-state index contributed by atoms with van der Waals surface area (Å²) in [5.41, 5.74) is 1.59. The van der Waals surface area contributed by atoms with Crippen LogP contribution in [0, 0.1) is 0 Å². The maximum atomic E-state index is 3.27. The number of allylic oxidation sites excluding steroid dienone is 2. The normalized spacial score (nSPS) is 23.4. The summed E-state index contributed by atoms with van der Waals surface area (Å²) in [6.07, 6.45) is 7.86. The largest absolute Gasteiger partial charge is 0.314 e. The summed E-state index contributed by atoms with van der Waals surface area (Å²) in [7, 11) is 2.15. The second-order valence-electron chi connectivity index (χ2n) is 4.35. The molecule has 0 bridgehead atoms. The van der Waals surface area contributed by atoms with Crippen molar-refractivity contribution in [2.75, 3.05) is 33.2 Å². The summed E-state index contributed by atoms with van der Waals surface area (Å²) in [6.45, 7) is 6.96. The zero-order valence-corrected chi connectivity index (χ0v) is 9.68. The van der Waals surface area contributed by atoms with Crippen LogP contribution in [0.15, 0.2) is 11.6 Å². The molecular formula is C12H24N2. The fourth-order valence-electron chi connectivity index (χ4n) is 1.78. The molecule has 0 saturated carbocycles. The van der Waals surface area contributed by atoms with Gasteiger partial charge in [-0.25, -0.2) is 0 Å². The van der Waals surface area contributed by atoms with E-state index >= 15 is 0 Å². The predicted octanol–water partition coefficient (Wildman–Crippen LogP) is 2.03. The van der Waals surface area contributed by atoms with Crippen LogP contribution in [-0.2, 0) is 0 Å². The van der Waals surface area contributed by atoms with Crippen LogP contribution in [0.3, 0.4) is 0 Å². The lowest BCUT2D eigenvalue weighted by atomic mass is 10.0. The zero-order valence-electron chi connectivity index (χ0n) is 9.68. The summed E-state index contributed by atoms with van der Waals surface area (Å²) < 4.78 is 0. The Morgan fingerprint density at radius 2 is 1.93 bits per heavy atom. The van der Waals surface area contributed by atoms with E-state index in [2.05, 4.69) is 30.3 Å². The van der Waals surface area contributed by atoms with Gasteiger partial charge < -0.3 is 10.2 Å². The van der Waals surface area contributed by atoms with Gasteiger partial charge in [-0.3, -0.25) is 0 Å². The molecule has 0 aromatic rings. The Balaban J connectivity index is 0.000000140. The lowest BCUT2D eigenvalue weighted by Gasteiger charge is -2.21. The van der Waals surface area contributed by atoms with Crippen molar-refractivity contribution < 1.29 is 0 Å². The second-order valence-corrected chi connectivity index (χ2v) is 4.35. The number of nitrogens with zero attached hydrogens (tertiary/aromatic N) is 1. The molecule has 1 fully saturated rings. The highest BCUT2D eigenvalue weighted by Gasteiger charge is 2.01. The average Bonchev–Trinajstić information content (AvgIpc) is 2.21. The molecule has 1 saturated heterocycles. The molecular weight excluding hydrogens is 172 g/mol. The number of hydrogen-bond donors (Lipinski definition) is 1. The topological polar surface area (TPSA) is 15.3 Å². The van der Waals surface area contributed by atoms with Crippen LogP contribution in [0.5, 0.6) is 0 Å². The van der Waals surface area contributed by atoms with Crippen molar-refractivity contribution in [3.8, 4) is 0 Å². The van der Waals surface area contributed by atoms with Gasteiger partial charge in [0.1, 0.15) is 0 Å². The molecule has 0 radical (unpaired) electrons. The number of piperazine rings is 1. The molecule has 1 aliphatic carbocycles. The van der Waals surface area contributed by atoms with E-state index in [0.717, 1.165) is 13.1 Å². The van der Waals surface area contributed by atoms with E-state index in [1.54, 1.807) is 5.57 Å². The molecule has 0 spiro atoms. The summed E-state index contributed by atoms with van der Waals surface area (Å²) in [5, 5.41) is 3.27.